The second-order valence-corrected chi connectivity index (χ2v) is 10.3. The van der Waals surface area contributed by atoms with Gasteiger partial charge in [-0.1, -0.05) is 31.0 Å². The van der Waals surface area contributed by atoms with E-state index in [0.717, 1.165) is 27.5 Å². The Bertz CT molecular complexity index is 947. The van der Waals surface area contributed by atoms with Crippen molar-refractivity contribution in [3.05, 3.63) is 57.2 Å². The monoisotopic (exact) mass is 483 g/mol. The van der Waals surface area contributed by atoms with Crippen molar-refractivity contribution in [2.45, 2.75) is 49.2 Å². The van der Waals surface area contributed by atoms with Gasteiger partial charge in [-0.15, -0.1) is 0 Å². The molecule has 2 aromatic rings. The first kappa shape index (κ1) is 19.4. The summed E-state index contributed by atoms with van der Waals surface area (Å²) in [4.78, 5) is 13.4. The van der Waals surface area contributed by atoms with Crippen molar-refractivity contribution in [1.82, 2.24) is 0 Å². The molecule has 0 atom stereocenters. The van der Waals surface area contributed by atoms with Gasteiger partial charge in [0.05, 0.1) is 10.6 Å². The lowest BCUT2D eigenvalue weighted by atomic mass is 10.1. The minimum atomic E-state index is -3.79. The highest BCUT2D eigenvalue weighted by atomic mass is 127. The number of amides is 1. The quantitative estimate of drug-likeness (QED) is 0.645. The first-order chi connectivity index (χ1) is 12.3. The van der Waals surface area contributed by atoms with Crippen molar-refractivity contribution in [3.8, 4) is 0 Å². The molecule has 4 nitrogen and oxygen atoms in total. The van der Waals surface area contributed by atoms with E-state index in [1.54, 1.807) is 18.2 Å². The third-order valence-electron chi connectivity index (χ3n) is 5.25. The minimum Gasteiger partial charge on any atom is -0.324 e. The first-order valence-electron chi connectivity index (χ1n) is 8.66. The van der Waals surface area contributed by atoms with Crippen molar-refractivity contribution in [3.63, 3.8) is 0 Å². The lowest BCUT2D eigenvalue weighted by Gasteiger charge is -2.28. The molecule has 0 aromatic heterocycles. The number of carbonyl (C=O) groups excluding carboxylic acids is 1. The van der Waals surface area contributed by atoms with E-state index in [-0.39, 0.29) is 4.90 Å². The molecule has 1 fully saturated rings. The van der Waals surface area contributed by atoms with Crippen molar-refractivity contribution in [2.24, 2.45) is 0 Å². The molecular formula is C20H22INO3S. The molecule has 0 spiro atoms. The highest BCUT2D eigenvalue weighted by Crippen LogP contribution is 2.42. The number of sulfone groups is 1. The number of rotatable bonds is 4. The van der Waals surface area contributed by atoms with Crippen molar-refractivity contribution in [1.29, 1.82) is 0 Å². The van der Waals surface area contributed by atoms with Gasteiger partial charge in [-0.3, -0.25) is 4.79 Å². The molecule has 0 saturated heterocycles. The summed E-state index contributed by atoms with van der Waals surface area (Å²) in [7, 11) is -3.79. The molecule has 0 heterocycles. The van der Waals surface area contributed by atoms with Gasteiger partial charge in [0.2, 0.25) is 5.91 Å². The third-order valence-corrected chi connectivity index (χ3v) is 8.69. The number of hydrogen-bond donors (Lipinski definition) is 1. The van der Waals surface area contributed by atoms with Gasteiger partial charge in [-0.05, 0) is 84.7 Å². The Balaban J connectivity index is 2.03. The Morgan fingerprint density at radius 3 is 2.31 bits per heavy atom. The minimum absolute atomic E-state index is 0.236. The number of nitrogens with one attached hydrogen (secondary N) is 1. The standard InChI is InChI=1S/C20H22INO3S/c1-14-9-10-16(13-15(14)2)26(24,25)20(11-5-6-12-20)19(23)22-18-8-4-3-7-17(18)21/h3-4,7-10,13H,5-6,11-12H2,1-2H3,(H,22,23). The van der Waals surface area contributed by atoms with Crippen LogP contribution in [0, 0.1) is 17.4 Å². The Morgan fingerprint density at radius 2 is 1.69 bits per heavy atom. The molecule has 1 saturated carbocycles. The second-order valence-electron chi connectivity index (χ2n) is 6.88. The van der Waals surface area contributed by atoms with Crippen LogP contribution >= 0.6 is 22.6 Å². The van der Waals surface area contributed by atoms with Gasteiger partial charge < -0.3 is 5.32 Å². The van der Waals surface area contributed by atoms with E-state index in [2.05, 4.69) is 27.9 Å². The smallest absolute Gasteiger partial charge is 0.246 e. The molecule has 1 aliphatic carbocycles. The molecule has 1 N–H and O–H groups in total. The number of halogens is 1. The zero-order chi connectivity index (χ0) is 18.9. The number of benzene rings is 2. The summed E-state index contributed by atoms with van der Waals surface area (Å²) in [5.74, 6) is -0.419. The molecule has 0 unspecified atom stereocenters. The maximum atomic E-state index is 13.5. The number of carbonyl (C=O) groups is 1. The van der Waals surface area contributed by atoms with Gasteiger partial charge in [-0.2, -0.15) is 0 Å². The van der Waals surface area contributed by atoms with Crippen LogP contribution in [0.1, 0.15) is 36.8 Å². The van der Waals surface area contributed by atoms with Gasteiger partial charge in [0.1, 0.15) is 0 Å². The fourth-order valence-electron chi connectivity index (χ4n) is 3.47. The largest absolute Gasteiger partial charge is 0.324 e. The summed E-state index contributed by atoms with van der Waals surface area (Å²) < 4.78 is 26.4. The molecule has 6 heteroatoms. The predicted molar refractivity (Wildman–Crippen MR) is 112 cm³/mol. The summed E-state index contributed by atoms with van der Waals surface area (Å²) in [6, 6.07) is 12.5. The van der Waals surface area contributed by atoms with E-state index >= 15 is 0 Å². The van der Waals surface area contributed by atoms with Gasteiger partial charge in [0.25, 0.3) is 0 Å². The molecular weight excluding hydrogens is 461 g/mol. The number of para-hydroxylation sites is 1. The van der Waals surface area contributed by atoms with Crippen LogP contribution in [0.25, 0.3) is 0 Å². The zero-order valence-electron chi connectivity index (χ0n) is 14.9. The third kappa shape index (κ3) is 3.29. The molecule has 138 valence electrons. The average Bonchev–Trinajstić information content (AvgIpc) is 3.11. The van der Waals surface area contributed by atoms with E-state index in [1.807, 2.05) is 38.1 Å². The normalized spacial score (nSPS) is 16.4. The van der Waals surface area contributed by atoms with Crippen molar-refractivity contribution < 1.29 is 13.2 Å². The molecule has 2 aromatic carbocycles. The molecule has 26 heavy (non-hydrogen) atoms. The van der Waals surface area contributed by atoms with Gasteiger partial charge in [0, 0.05) is 3.57 Å². The lowest BCUT2D eigenvalue weighted by Crippen LogP contribution is -2.47. The SMILES string of the molecule is Cc1ccc(S(=O)(=O)C2(C(=O)Nc3ccccc3I)CCCC2)cc1C. The van der Waals surface area contributed by atoms with E-state index in [0.29, 0.717) is 18.5 Å². The Labute approximate surface area is 168 Å². The number of anilines is 1. The summed E-state index contributed by atoms with van der Waals surface area (Å²) in [6.45, 7) is 3.84. The maximum absolute atomic E-state index is 13.5. The van der Waals surface area contributed by atoms with Crippen LogP contribution < -0.4 is 5.32 Å². The van der Waals surface area contributed by atoms with Crippen LogP contribution in [0.5, 0.6) is 0 Å². The molecule has 1 aliphatic rings. The second kappa shape index (κ2) is 7.31. The Hall–Kier alpha value is -1.41. The molecule has 0 bridgehead atoms. The van der Waals surface area contributed by atoms with Gasteiger partial charge in [0.15, 0.2) is 14.6 Å². The summed E-state index contributed by atoms with van der Waals surface area (Å²) >= 11 is 2.14. The molecule has 3 rings (SSSR count). The Kier molecular flexibility index (Phi) is 5.44. The predicted octanol–water partition coefficient (Wildman–Crippen LogP) is 4.63. The molecule has 1 amide bonds. The van der Waals surface area contributed by atoms with E-state index in [1.165, 1.54) is 0 Å². The van der Waals surface area contributed by atoms with Crippen molar-refractivity contribution >= 4 is 44.0 Å². The highest BCUT2D eigenvalue weighted by Gasteiger charge is 2.53. The van der Waals surface area contributed by atoms with Crippen LogP contribution in [0.4, 0.5) is 5.69 Å². The fourth-order valence-corrected chi connectivity index (χ4v) is 6.14. The summed E-state index contributed by atoms with van der Waals surface area (Å²) in [6.07, 6.45) is 2.20. The van der Waals surface area contributed by atoms with E-state index in [9.17, 15) is 13.2 Å². The van der Waals surface area contributed by atoms with Crippen LogP contribution in [0.2, 0.25) is 0 Å². The van der Waals surface area contributed by atoms with E-state index in [4.69, 9.17) is 0 Å². The van der Waals surface area contributed by atoms with Gasteiger partial charge in [-0.25, -0.2) is 8.42 Å². The number of aryl methyl sites for hydroxylation is 2. The van der Waals surface area contributed by atoms with E-state index < -0.39 is 20.5 Å². The highest BCUT2D eigenvalue weighted by molar-refractivity contribution is 14.1. The van der Waals surface area contributed by atoms with Gasteiger partial charge >= 0.3 is 0 Å². The van der Waals surface area contributed by atoms with Crippen LogP contribution in [-0.2, 0) is 14.6 Å². The summed E-state index contributed by atoms with van der Waals surface area (Å²) in [5.41, 5.74) is 2.60. The Morgan fingerprint density at radius 1 is 1.04 bits per heavy atom. The zero-order valence-corrected chi connectivity index (χ0v) is 17.9. The molecule has 0 radical (unpaired) electrons. The summed E-state index contributed by atoms with van der Waals surface area (Å²) in [5, 5.41) is 2.87. The lowest BCUT2D eigenvalue weighted by molar-refractivity contribution is -0.118. The molecule has 0 aliphatic heterocycles. The van der Waals surface area contributed by atoms with Crippen LogP contribution in [0.15, 0.2) is 47.4 Å². The van der Waals surface area contributed by atoms with Crippen molar-refractivity contribution in [2.75, 3.05) is 5.32 Å². The average molecular weight is 483 g/mol. The van der Waals surface area contributed by atoms with Crippen LogP contribution in [-0.4, -0.2) is 19.1 Å². The maximum Gasteiger partial charge on any atom is 0.246 e. The van der Waals surface area contributed by atoms with Crippen LogP contribution in [0.3, 0.4) is 0 Å². The first-order valence-corrected chi connectivity index (χ1v) is 11.2. The fraction of sp³-hybridized carbons (Fsp3) is 0.350. The number of hydrogen-bond acceptors (Lipinski definition) is 3. The topological polar surface area (TPSA) is 63.2 Å².